The Balaban J connectivity index is 1.50. The number of aryl methyl sites for hydroxylation is 1. The molecular weight excluding hydrogens is 422 g/mol. The largest absolute Gasteiger partial charge is 0.493 e. The van der Waals surface area contributed by atoms with Gasteiger partial charge in [-0.2, -0.15) is 5.10 Å². The van der Waals surface area contributed by atoms with Crippen LogP contribution >= 0.6 is 0 Å². The summed E-state index contributed by atoms with van der Waals surface area (Å²) in [5, 5.41) is 5.66. The summed E-state index contributed by atoms with van der Waals surface area (Å²) in [5.74, 6) is 0.473. The van der Waals surface area contributed by atoms with Gasteiger partial charge in [0.1, 0.15) is 6.54 Å². The number of rotatable bonds is 6. The second-order valence-corrected chi connectivity index (χ2v) is 8.21. The molecular formula is C25H27N3O5. The third-order valence-electron chi connectivity index (χ3n) is 6.15. The van der Waals surface area contributed by atoms with Gasteiger partial charge in [0.2, 0.25) is 5.91 Å². The van der Waals surface area contributed by atoms with Crippen LogP contribution < -0.4 is 15.0 Å². The fraction of sp³-hybridized carbons (Fsp3) is 0.360. The summed E-state index contributed by atoms with van der Waals surface area (Å²) < 4.78 is 11.8. The number of Topliss-reactive ketones (excluding diaryl/α,β-unsaturated/α-hetero) is 1. The lowest BCUT2D eigenvalue weighted by Crippen LogP contribution is -2.45. The zero-order valence-electron chi connectivity index (χ0n) is 19.0. The molecule has 2 aromatic carbocycles. The quantitative estimate of drug-likeness (QED) is 0.538. The molecule has 1 aliphatic rings. The third kappa shape index (κ3) is 4.46. The molecule has 8 heteroatoms. The van der Waals surface area contributed by atoms with Crippen LogP contribution in [0.2, 0.25) is 0 Å². The minimum Gasteiger partial charge on any atom is -0.493 e. The van der Waals surface area contributed by atoms with Gasteiger partial charge in [-0.05, 0) is 44.0 Å². The minimum absolute atomic E-state index is 0.0368. The van der Waals surface area contributed by atoms with E-state index in [-0.39, 0.29) is 29.7 Å². The zero-order valence-corrected chi connectivity index (χ0v) is 19.0. The molecule has 2 heterocycles. The molecule has 4 rings (SSSR count). The van der Waals surface area contributed by atoms with E-state index in [9.17, 15) is 14.4 Å². The van der Waals surface area contributed by atoms with Crippen LogP contribution in [0.4, 0.5) is 0 Å². The zero-order chi connectivity index (χ0) is 23.5. The van der Waals surface area contributed by atoms with Gasteiger partial charge < -0.3 is 14.4 Å². The molecule has 1 atom stereocenters. The maximum absolute atomic E-state index is 13.1. The van der Waals surface area contributed by atoms with Crippen LogP contribution in [0.25, 0.3) is 10.8 Å². The van der Waals surface area contributed by atoms with E-state index in [0.717, 1.165) is 5.39 Å². The lowest BCUT2D eigenvalue weighted by Gasteiger charge is -2.32. The van der Waals surface area contributed by atoms with Crippen molar-refractivity contribution in [2.24, 2.45) is 5.92 Å². The van der Waals surface area contributed by atoms with Crippen LogP contribution in [-0.2, 0) is 11.3 Å². The molecule has 8 nitrogen and oxygen atoms in total. The topological polar surface area (TPSA) is 90.7 Å². The first-order valence-electron chi connectivity index (χ1n) is 10.9. The molecule has 33 heavy (non-hydrogen) atoms. The number of hydrogen-bond acceptors (Lipinski definition) is 6. The first-order valence-corrected chi connectivity index (χ1v) is 10.9. The number of hydrogen-bond donors (Lipinski definition) is 0. The van der Waals surface area contributed by atoms with Crippen LogP contribution in [0.3, 0.4) is 0 Å². The first-order chi connectivity index (χ1) is 15.9. The number of piperidine rings is 1. The molecule has 0 aliphatic carbocycles. The lowest BCUT2D eigenvalue weighted by molar-refractivity contribution is -0.133. The summed E-state index contributed by atoms with van der Waals surface area (Å²) in [4.78, 5) is 40.7. The maximum atomic E-state index is 13.1. The number of ether oxygens (including phenoxy) is 2. The van der Waals surface area contributed by atoms with E-state index in [1.54, 1.807) is 42.3 Å². The Morgan fingerprint density at radius 2 is 1.79 bits per heavy atom. The molecule has 0 spiro atoms. The molecule has 0 bridgehead atoms. The predicted octanol–water partition coefficient (Wildman–Crippen LogP) is 2.84. The summed E-state index contributed by atoms with van der Waals surface area (Å²) >= 11 is 0. The summed E-state index contributed by atoms with van der Waals surface area (Å²) in [5.41, 5.74) is 0.924. The number of carbonyl (C=O) groups is 2. The number of nitrogens with zero attached hydrogens (tertiary/aromatic N) is 3. The van der Waals surface area contributed by atoms with Gasteiger partial charge in [0, 0.05) is 30.0 Å². The summed E-state index contributed by atoms with van der Waals surface area (Å²) in [6.45, 7) is 2.53. The summed E-state index contributed by atoms with van der Waals surface area (Å²) in [6.07, 6.45) is 1.42. The Labute approximate surface area is 191 Å². The van der Waals surface area contributed by atoms with Crippen molar-refractivity contribution in [3.8, 4) is 11.5 Å². The highest BCUT2D eigenvalue weighted by molar-refractivity contribution is 5.99. The van der Waals surface area contributed by atoms with Crippen molar-refractivity contribution in [2.75, 3.05) is 27.3 Å². The average Bonchev–Trinajstić information content (AvgIpc) is 2.86. The Morgan fingerprint density at radius 1 is 1.06 bits per heavy atom. The second-order valence-electron chi connectivity index (χ2n) is 8.21. The smallest absolute Gasteiger partial charge is 0.275 e. The maximum Gasteiger partial charge on any atom is 0.275 e. The third-order valence-corrected chi connectivity index (χ3v) is 6.15. The number of aromatic nitrogens is 2. The molecule has 0 N–H and O–H groups in total. The first kappa shape index (κ1) is 22.5. The molecule has 1 fully saturated rings. The van der Waals surface area contributed by atoms with Crippen LogP contribution in [0.1, 0.15) is 28.9 Å². The number of amides is 1. The molecule has 1 saturated heterocycles. The highest BCUT2D eigenvalue weighted by Crippen LogP contribution is 2.30. The number of methoxy groups -OCH3 is 2. The van der Waals surface area contributed by atoms with E-state index in [0.29, 0.717) is 54.1 Å². The lowest BCUT2D eigenvalue weighted by atomic mass is 9.89. The Morgan fingerprint density at radius 3 is 2.52 bits per heavy atom. The summed E-state index contributed by atoms with van der Waals surface area (Å²) in [7, 11) is 3.07. The number of fused-ring (bicyclic) bond motifs is 1. The van der Waals surface area contributed by atoms with Gasteiger partial charge >= 0.3 is 0 Å². The van der Waals surface area contributed by atoms with Crippen molar-refractivity contribution in [2.45, 2.75) is 26.3 Å². The number of benzene rings is 2. The van der Waals surface area contributed by atoms with Gasteiger partial charge in [-0.3, -0.25) is 14.4 Å². The monoisotopic (exact) mass is 449 g/mol. The molecule has 0 saturated carbocycles. The molecule has 1 aliphatic heterocycles. The second kappa shape index (κ2) is 9.44. The number of likely N-dealkylation sites (tertiary alicyclic amines) is 1. The molecule has 172 valence electrons. The Hall–Kier alpha value is -3.68. The Bertz CT molecular complexity index is 1270. The minimum atomic E-state index is -0.316. The van der Waals surface area contributed by atoms with Crippen molar-refractivity contribution in [1.29, 1.82) is 0 Å². The SMILES string of the molecule is COc1ccc(C(=O)[C@@H]2CCCN(C(=O)Cn3nc(C)c4ccccc4c3=O)C2)cc1OC. The van der Waals surface area contributed by atoms with E-state index < -0.39 is 0 Å². The van der Waals surface area contributed by atoms with Crippen LogP contribution in [0.5, 0.6) is 11.5 Å². The Kier molecular flexibility index (Phi) is 6.44. The van der Waals surface area contributed by atoms with Crippen molar-refractivity contribution in [1.82, 2.24) is 14.7 Å². The van der Waals surface area contributed by atoms with Crippen LogP contribution in [-0.4, -0.2) is 53.7 Å². The van der Waals surface area contributed by atoms with Gasteiger partial charge in [0.05, 0.1) is 25.3 Å². The van der Waals surface area contributed by atoms with Crippen LogP contribution in [0.15, 0.2) is 47.3 Å². The van der Waals surface area contributed by atoms with E-state index in [4.69, 9.17) is 9.47 Å². The van der Waals surface area contributed by atoms with Gasteiger partial charge in [0.25, 0.3) is 5.56 Å². The van der Waals surface area contributed by atoms with Crippen LogP contribution in [0, 0.1) is 12.8 Å². The molecule has 0 unspecified atom stereocenters. The van der Waals surface area contributed by atoms with Crippen molar-refractivity contribution in [3.63, 3.8) is 0 Å². The van der Waals surface area contributed by atoms with Gasteiger partial charge in [-0.1, -0.05) is 18.2 Å². The summed E-state index contributed by atoms with van der Waals surface area (Å²) in [6, 6.07) is 12.3. The highest BCUT2D eigenvalue weighted by Gasteiger charge is 2.30. The van der Waals surface area contributed by atoms with E-state index >= 15 is 0 Å². The highest BCUT2D eigenvalue weighted by atomic mass is 16.5. The van der Waals surface area contributed by atoms with E-state index in [1.807, 2.05) is 19.1 Å². The van der Waals surface area contributed by atoms with E-state index in [1.165, 1.54) is 11.8 Å². The van der Waals surface area contributed by atoms with Crippen molar-refractivity contribution >= 4 is 22.5 Å². The molecule has 1 amide bonds. The predicted molar refractivity (Wildman–Crippen MR) is 124 cm³/mol. The normalized spacial score (nSPS) is 16.0. The molecule has 3 aromatic rings. The number of carbonyl (C=O) groups excluding carboxylic acids is 2. The fourth-order valence-corrected chi connectivity index (χ4v) is 4.38. The fourth-order valence-electron chi connectivity index (χ4n) is 4.38. The molecule has 1 aromatic heterocycles. The molecule has 0 radical (unpaired) electrons. The van der Waals surface area contributed by atoms with E-state index in [2.05, 4.69) is 5.10 Å². The van der Waals surface area contributed by atoms with Gasteiger partial charge in [-0.25, -0.2) is 4.68 Å². The van der Waals surface area contributed by atoms with Crippen molar-refractivity contribution in [3.05, 3.63) is 64.1 Å². The number of ketones is 1. The van der Waals surface area contributed by atoms with Gasteiger partial charge in [-0.15, -0.1) is 0 Å². The average molecular weight is 450 g/mol. The van der Waals surface area contributed by atoms with Crippen molar-refractivity contribution < 1.29 is 19.1 Å². The standard InChI is InChI=1S/C25H27N3O5/c1-16-19-8-4-5-9-20(19)25(31)28(26-16)15-23(29)27-12-6-7-18(14-27)24(30)17-10-11-21(32-2)22(13-17)33-3/h4-5,8-11,13,18H,6-7,12,14-15H2,1-3H3/t18-/m1/s1. The van der Waals surface area contributed by atoms with Gasteiger partial charge in [0.15, 0.2) is 17.3 Å².